The first-order valence-corrected chi connectivity index (χ1v) is 8.90. The van der Waals surface area contributed by atoms with Crippen LogP contribution >= 0.6 is 0 Å². The molecule has 0 saturated carbocycles. The van der Waals surface area contributed by atoms with E-state index in [1.807, 2.05) is 30.3 Å². The molecule has 1 fully saturated rings. The van der Waals surface area contributed by atoms with Crippen LogP contribution in [0.5, 0.6) is 0 Å². The van der Waals surface area contributed by atoms with Gasteiger partial charge in [-0.2, -0.15) is 4.98 Å². The number of carbonyl (C=O) groups is 2. The SMILES string of the molecule is O=C(c1cc(-c2ccccc2)nc(=O)[nH]1)N1CCN(C(=O)c2ccco2)CC1. The van der Waals surface area contributed by atoms with Crippen molar-refractivity contribution in [3.63, 3.8) is 0 Å². The smallest absolute Gasteiger partial charge is 0.346 e. The molecular formula is C20H18N4O4. The van der Waals surface area contributed by atoms with Crippen molar-refractivity contribution in [1.82, 2.24) is 19.8 Å². The Balaban J connectivity index is 1.48. The summed E-state index contributed by atoms with van der Waals surface area (Å²) in [4.78, 5) is 46.8. The van der Waals surface area contributed by atoms with Crippen molar-refractivity contribution in [3.05, 3.63) is 76.7 Å². The van der Waals surface area contributed by atoms with Crippen LogP contribution in [-0.2, 0) is 0 Å². The Hall–Kier alpha value is -3.68. The number of H-pyrrole nitrogens is 1. The van der Waals surface area contributed by atoms with Gasteiger partial charge < -0.3 is 19.2 Å². The quantitative estimate of drug-likeness (QED) is 0.747. The van der Waals surface area contributed by atoms with Gasteiger partial charge >= 0.3 is 5.69 Å². The van der Waals surface area contributed by atoms with Crippen LogP contribution in [-0.4, -0.2) is 57.8 Å². The highest BCUT2D eigenvalue weighted by Crippen LogP contribution is 2.17. The third kappa shape index (κ3) is 3.57. The van der Waals surface area contributed by atoms with E-state index in [1.165, 1.54) is 6.26 Å². The molecule has 1 N–H and O–H groups in total. The van der Waals surface area contributed by atoms with Crippen molar-refractivity contribution < 1.29 is 14.0 Å². The topological polar surface area (TPSA) is 99.5 Å². The van der Waals surface area contributed by atoms with Gasteiger partial charge in [0.2, 0.25) is 0 Å². The average molecular weight is 378 g/mol. The largest absolute Gasteiger partial charge is 0.459 e. The lowest BCUT2D eigenvalue weighted by Gasteiger charge is -2.34. The predicted molar refractivity (Wildman–Crippen MR) is 101 cm³/mol. The zero-order valence-electron chi connectivity index (χ0n) is 15.0. The Bertz CT molecular complexity index is 1040. The van der Waals surface area contributed by atoms with Gasteiger partial charge in [-0.1, -0.05) is 30.3 Å². The maximum Gasteiger partial charge on any atom is 0.346 e. The van der Waals surface area contributed by atoms with Crippen LogP contribution in [0.3, 0.4) is 0 Å². The molecule has 0 bridgehead atoms. The number of piperazine rings is 1. The first-order chi connectivity index (χ1) is 13.6. The van der Waals surface area contributed by atoms with Crippen molar-refractivity contribution >= 4 is 11.8 Å². The molecule has 1 aliphatic rings. The minimum absolute atomic E-state index is 0.185. The molecule has 8 nitrogen and oxygen atoms in total. The Kier molecular flexibility index (Phi) is 4.76. The van der Waals surface area contributed by atoms with E-state index in [2.05, 4.69) is 9.97 Å². The summed E-state index contributed by atoms with van der Waals surface area (Å²) in [5.41, 5.74) is 0.817. The highest BCUT2D eigenvalue weighted by atomic mass is 16.3. The molecule has 0 atom stereocenters. The molecular weight excluding hydrogens is 360 g/mol. The maximum absolute atomic E-state index is 12.8. The number of aromatic amines is 1. The molecule has 0 unspecified atom stereocenters. The molecule has 4 rings (SSSR count). The third-order valence-electron chi connectivity index (χ3n) is 4.63. The molecule has 1 aromatic carbocycles. The van der Waals surface area contributed by atoms with E-state index in [9.17, 15) is 14.4 Å². The Morgan fingerprint density at radius 2 is 1.61 bits per heavy atom. The number of carbonyl (C=O) groups excluding carboxylic acids is 2. The second-order valence-electron chi connectivity index (χ2n) is 6.41. The molecule has 0 radical (unpaired) electrons. The van der Waals surface area contributed by atoms with Crippen molar-refractivity contribution in [2.24, 2.45) is 0 Å². The summed E-state index contributed by atoms with van der Waals surface area (Å²) in [6.45, 7) is 1.53. The van der Waals surface area contributed by atoms with Crippen LogP contribution in [0.15, 0.2) is 64.0 Å². The van der Waals surface area contributed by atoms with Gasteiger partial charge in [-0.25, -0.2) is 4.79 Å². The number of hydrogen-bond donors (Lipinski definition) is 1. The van der Waals surface area contributed by atoms with E-state index in [1.54, 1.807) is 28.0 Å². The summed E-state index contributed by atoms with van der Waals surface area (Å²) in [7, 11) is 0. The number of amides is 2. The number of nitrogens with zero attached hydrogens (tertiary/aromatic N) is 3. The zero-order chi connectivity index (χ0) is 19.5. The van der Waals surface area contributed by atoms with Gasteiger partial charge in [0.05, 0.1) is 12.0 Å². The fourth-order valence-electron chi connectivity index (χ4n) is 3.17. The van der Waals surface area contributed by atoms with Crippen LogP contribution in [0.1, 0.15) is 21.0 Å². The van der Waals surface area contributed by atoms with E-state index in [0.29, 0.717) is 31.9 Å². The fraction of sp³-hybridized carbons (Fsp3) is 0.200. The lowest BCUT2D eigenvalue weighted by atomic mass is 10.1. The molecule has 1 saturated heterocycles. The molecule has 0 spiro atoms. The summed E-state index contributed by atoms with van der Waals surface area (Å²) >= 11 is 0. The van der Waals surface area contributed by atoms with Crippen LogP contribution in [0, 0.1) is 0 Å². The van der Waals surface area contributed by atoms with Crippen LogP contribution in [0.25, 0.3) is 11.3 Å². The minimum Gasteiger partial charge on any atom is -0.459 e. The molecule has 28 heavy (non-hydrogen) atoms. The van der Waals surface area contributed by atoms with Gasteiger partial charge in [0, 0.05) is 31.7 Å². The second kappa shape index (κ2) is 7.51. The van der Waals surface area contributed by atoms with Gasteiger partial charge in [-0.3, -0.25) is 9.59 Å². The van der Waals surface area contributed by atoms with E-state index < -0.39 is 5.69 Å². The zero-order valence-corrected chi connectivity index (χ0v) is 15.0. The lowest BCUT2D eigenvalue weighted by Crippen LogP contribution is -2.50. The molecule has 0 aliphatic carbocycles. The number of benzene rings is 1. The standard InChI is InChI=1S/C20H18N4O4/c25-18(16-13-15(21-20(27)22-16)14-5-2-1-3-6-14)23-8-10-24(11-9-23)19(26)17-7-4-12-28-17/h1-7,12-13H,8-11H2,(H,21,22,27). The molecule has 2 amide bonds. The Labute approximate surface area is 160 Å². The first-order valence-electron chi connectivity index (χ1n) is 8.90. The molecule has 1 aliphatic heterocycles. The van der Waals surface area contributed by atoms with Crippen LogP contribution < -0.4 is 5.69 Å². The van der Waals surface area contributed by atoms with Crippen molar-refractivity contribution in [1.29, 1.82) is 0 Å². The van der Waals surface area contributed by atoms with E-state index in [-0.39, 0.29) is 23.3 Å². The van der Waals surface area contributed by atoms with Crippen LogP contribution in [0.4, 0.5) is 0 Å². The van der Waals surface area contributed by atoms with Gasteiger partial charge in [0.25, 0.3) is 11.8 Å². The van der Waals surface area contributed by atoms with Crippen molar-refractivity contribution in [2.45, 2.75) is 0 Å². The summed E-state index contributed by atoms with van der Waals surface area (Å²) in [6, 6.07) is 14.1. The highest BCUT2D eigenvalue weighted by Gasteiger charge is 2.27. The molecule has 142 valence electrons. The van der Waals surface area contributed by atoms with E-state index in [0.717, 1.165) is 5.56 Å². The average Bonchev–Trinajstić information content (AvgIpc) is 3.28. The van der Waals surface area contributed by atoms with Gasteiger partial charge in [0.15, 0.2) is 5.76 Å². The van der Waals surface area contributed by atoms with Gasteiger partial charge in [-0.15, -0.1) is 0 Å². The summed E-state index contributed by atoms with van der Waals surface area (Å²) in [5.74, 6) is -0.201. The highest BCUT2D eigenvalue weighted by molar-refractivity contribution is 5.94. The maximum atomic E-state index is 12.8. The number of aromatic nitrogens is 2. The number of hydrogen-bond acceptors (Lipinski definition) is 5. The second-order valence-corrected chi connectivity index (χ2v) is 6.41. The molecule has 8 heteroatoms. The molecule has 3 aromatic rings. The number of rotatable bonds is 3. The number of furan rings is 1. The minimum atomic E-state index is -0.573. The van der Waals surface area contributed by atoms with E-state index >= 15 is 0 Å². The van der Waals surface area contributed by atoms with E-state index in [4.69, 9.17) is 4.42 Å². The fourth-order valence-corrected chi connectivity index (χ4v) is 3.17. The van der Waals surface area contributed by atoms with Crippen molar-refractivity contribution in [2.75, 3.05) is 26.2 Å². The molecule has 2 aromatic heterocycles. The van der Waals surface area contributed by atoms with Gasteiger partial charge in [-0.05, 0) is 18.2 Å². The normalized spacial score (nSPS) is 14.1. The molecule has 3 heterocycles. The summed E-state index contributed by atoms with van der Waals surface area (Å²) in [5, 5.41) is 0. The summed E-state index contributed by atoms with van der Waals surface area (Å²) in [6.07, 6.45) is 1.46. The predicted octanol–water partition coefficient (Wildman–Crippen LogP) is 1.63. The van der Waals surface area contributed by atoms with Crippen LogP contribution in [0.2, 0.25) is 0 Å². The Morgan fingerprint density at radius 1 is 0.929 bits per heavy atom. The monoisotopic (exact) mass is 378 g/mol. The third-order valence-corrected chi connectivity index (χ3v) is 4.63. The number of nitrogens with one attached hydrogen (secondary N) is 1. The first kappa shape index (κ1) is 17.7. The van der Waals surface area contributed by atoms with Gasteiger partial charge in [0.1, 0.15) is 5.69 Å². The lowest BCUT2D eigenvalue weighted by molar-refractivity contribution is 0.0515. The van der Waals surface area contributed by atoms with Crippen molar-refractivity contribution in [3.8, 4) is 11.3 Å². The summed E-state index contributed by atoms with van der Waals surface area (Å²) < 4.78 is 5.14. The Morgan fingerprint density at radius 3 is 2.25 bits per heavy atom.